The smallest absolute Gasteiger partial charge is 0.246 e. The molecule has 1 fully saturated rings. The van der Waals surface area contributed by atoms with Gasteiger partial charge in [-0.1, -0.05) is 19.1 Å². The fraction of sp³-hybridized carbons (Fsp3) is 0.467. The van der Waals surface area contributed by atoms with Gasteiger partial charge in [0.15, 0.2) is 0 Å². The number of para-hydroxylation sites is 1. The van der Waals surface area contributed by atoms with E-state index < -0.39 is 5.54 Å². The summed E-state index contributed by atoms with van der Waals surface area (Å²) in [6.07, 6.45) is 0. The summed E-state index contributed by atoms with van der Waals surface area (Å²) >= 11 is 0. The van der Waals surface area contributed by atoms with Crippen LogP contribution in [0.15, 0.2) is 24.3 Å². The lowest BCUT2D eigenvalue weighted by Crippen LogP contribution is -2.52. The number of carbonyl (C=O) groups is 1. The molecule has 0 aromatic heterocycles. The molecular weight excluding hydrogens is 238 g/mol. The lowest BCUT2D eigenvalue weighted by molar-refractivity contribution is -0.123. The number of rotatable bonds is 1. The van der Waals surface area contributed by atoms with Crippen LogP contribution >= 0.6 is 0 Å². The summed E-state index contributed by atoms with van der Waals surface area (Å²) in [7, 11) is 0. The highest BCUT2D eigenvalue weighted by atomic mass is 16.2. The van der Waals surface area contributed by atoms with E-state index in [2.05, 4.69) is 18.3 Å². The van der Waals surface area contributed by atoms with Gasteiger partial charge in [-0.3, -0.25) is 4.79 Å². The van der Waals surface area contributed by atoms with Gasteiger partial charge in [-0.05, 0) is 31.9 Å². The minimum Gasteiger partial charge on any atom is -0.309 e. The molecule has 1 atom stereocenters. The molecule has 0 bridgehead atoms. The normalized spacial score (nSPS) is 22.7. The van der Waals surface area contributed by atoms with Gasteiger partial charge >= 0.3 is 0 Å². The third kappa shape index (κ3) is 2.61. The fourth-order valence-corrected chi connectivity index (χ4v) is 2.31. The Balaban J connectivity index is 2.46. The van der Waals surface area contributed by atoms with Crippen LogP contribution in [0.25, 0.3) is 0 Å². The fourth-order valence-electron chi connectivity index (χ4n) is 2.31. The number of hydrogen-bond acceptors (Lipinski definition) is 3. The van der Waals surface area contributed by atoms with Crippen LogP contribution in [0.3, 0.4) is 0 Å². The summed E-state index contributed by atoms with van der Waals surface area (Å²) < 4.78 is 0. The standard InChI is InChI=1S/C15H19N3O/c1-11-9-17-15(2,3)14(19)18(10-11)13-7-5-4-6-12(13)8-16/h4-7,11,17H,9-10H2,1-3H3. The highest BCUT2D eigenvalue weighted by Crippen LogP contribution is 2.25. The maximum Gasteiger partial charge on any atom is 0.246 e. The topological polar surface area (TPSA) is 56.1 Å². The van der Waals surface area contributed by atoms with Gasteiger partial charge in [0, 0.05) is 13.1 Å². The zero-order valence-corrected chi connectivity index (χ0v) is 11.6. The van der Waals surface area contributed by atoms with Crippen molar-refractivity contribution >= 4 is 11.6 Å². The van der Waals surface area contributed by atoms with Crippen molar-refractivity contribution in [3.8, 4) is 6.07 Å². The van der Waals surface area contributed by atoms with Gasteiger partial charge in [-0.15, -0.1) is 0 Å². The second-order valence-electron chi connectivity index (χ2n) is 5.66. The van der Waals surface area contributed by atoms with Crippen LogP contribution < -0.4 is 10.2 Å². The first-order chi connectivity index (χ1) is 8.95. The van der Waals surface area contributed by atoms with Crippen LogP contribution in [-0.4, -0.2) is 24.5 Å². The molecule has 19 heavy (non-hydrogen) atoms. The van der Waals surface area contributed by atoms with E-state index >= 15 is 0 Å². The number of amides is 1. The van der Waals surface area contributed by atoms with Gasteiger partial charge < -0.3 is 10.2 Å². The first kappa shape index (κ1) is 13.6. The summed E-state index contributed by atoms with van der Waals surface area (Å²) in [5.41, 5.74) is 0.646. The predicted octanol–water partition coefficient (Wildman–Crippen LogP) is 1.91. The minimum absolute atomic E-state index is 0.0135. The second-order valence-corrected chi connectivity index (χ2v) is 5.66. The molecule has 1 aliphatic heterocycles. The Morgan fingerprint density at radius 1 is 1.42 bits per heavy atom. The Bertz CT molecular complexity index is 530. The van der Waals surface area contributed by atoms with Crippen molar-refractivity contribution in [2.24, 2.45) is 5.92 Å². The molecule has 4 heteroatoms. The van der Waals surface area contributed by atoms with Crippen molar-refractivity contribution in [1.82, 2.24) is 5.32 Å². The van der Waals surface area contributed by atoms with E-state index in [1.54, 1.807) is 11.0 Å². The lowest BCUT2D eigenvalue weighted by Gasteiger charge is -2.29. The lowest BCUT2D eigenvalue weighted by atomic mass is 10.0. The maximum absolute atomic E-state index is 12.6. The summed E-state index contributed by atoms with van der Waals surface area (Å²) in [6, 6.07) is 9.43. The molecule has 0 spiro atoms. The van der Waals surface area contributed by atoms with Gasteiger partial charge in [0.25, 0.3) is 0 Å². The van der Waals surface area contributed by atoms with Crippen molar-refractivity contribution in [2.45, 2.75) is 26.3 Å². The van der Waals surface area contributed by atoms with E-state index in [-0.39, 0.29) is 5.91 Å². The van der Waals surface area contributed by atoms with E-state index in [9.17, 15) is 10.1 Å². The zero-order chi connectivity index (χ0) is 14.0. The van der Waals surface area contributed by atoms with Crippen molar-refractivity contribution in [3.05, 3.63) is 29.8 Å². The molecule has 2 rings (SSSR count). The first-order valence-electron chi connectivity index (χ1n) is 6.52. The number of nitriles is 1. The molecule has 1 aromatic rings. The van der Waals surface area contributed by atoms with E-state index in [0.29, 0.717) is 23.7 Å². The molecule has 0 radical (unpaired) electrons. The monoisotopic (exact) mass is 257 g/mol. The quantitative estimate of drug-likeness (QED) is 0.836. The highest BCUT2D eigenvalue weighted by Gasteiger charge is 2.36. The number of anilines is 1. The number of hydrogen-bond donors (Lipinski definition) is 1. The van der Waals surface area contributed by atoms with Crippen LogP contribution in [0.1, 0.15) is 26.3 Å². The molecule has 100 valence electrons. The van der Waals surface area contributed by atoms with Crippen LogP contribution in [-0.2, 0) is 4.79 Å². The molecule has 1 aromatic carbocycles. The zero-order valence-electron chi connectivity index (χ0n) is 11.6. The Morgan fingerprint density at radius 2 is 2.11 bits per heavy atom. The Kier molecular flexibility index (Phi) is 3.59. The summed E-state index contributed by atoms with van der Waals surface area (Å²) in [4.78, 5) is 14.4. The molecule has 1 N–H and O–H groups in total. The Hall–Kier alpha value is -1.86. The van der Waals surface area contributed by atoms with Gasteiger partial charge in [0.05, 0.1) is 16.8 Å². The van der Waals surface area contributed by atoms with Crippen molar-refractivity contribution < 1.29 is 4.79 Å². The summed E-state index contributed by atoms with van der Waals surface area (Å²) in [6.45, 7) is 7.30. The number of benzene rings is 1. The van der Waals surface area contributed by atoms with Crippen molar-refractivity contribution in [2.75, 3.05) is 18.0 Å². The third-order valence-electron chi connectivity index (χ3n) is 3.48. The largest absolute Gasteiger partial charge is 0.309 e. The molecule has 1 saturated heterocycles. The van der Waals surface area contributed by atoms with Crippen LogP contribution in [0.4, 0.5) is 5.69 Å². The Labute approximate surface area is 114 Å². The van der Waals surface area contributed by atoms with Gasteiger partial charge in [-0.25, -0.2) is 0 Å². The number of carbonyl (C=O) groups excluding carboxylic acids is 1. The van der Waals surface area contributed by atoms with Crippen LogP contribution in [0.2, 0.25) is 0 Å². The van der Waals surface area contributed by atoms with E-state index in [1.807, 2.05) is 32.0 Å². The summed E-state index contributed by atoms with van der Waals surface area (Å²) in [5, 5.41) is 12.5. The molecule has 0 saturated carbocycles. The number of nitrogens with zero attached hydrogens (tertiary/aromatic N) is 2. The van der Waals surface area contributed by atoms with Crippen LogP contribution in [0, 0.1) is 17.2 Å². The predicted molar refractivity (Wildman–Crippen MR) is 74.8 cm³/mol. The molecular formula is C15H19N3O. The van der Waals surface area contributed by atoms with Gasteiger partial charge in [0.1, 0.15) is 6.07 Å². The van der Waals surface area contributed by atoms with Gasteiger partial charge in [-0.2, -0.15) is 5.26 Å². The number of nitrogens with one attached hydrogen (secondary N) is 1. The van der Waals surface area contributed by atoms with E-state index in [0.717, 1.165) is 6.54 Å². The van der Waals surface area contributed by atoms with E-state index in [1.165, 1.54) is 0 Å². The molecule has 0 aliphatic carbocycles. The molecule has 1 unspecified atom stereocenters. The summed E-state index contributed by atoms with van der Waals surface area (Å²) in [5.74, 6) is 0.358. The van der Waals surface area contributed by atoms with Crippen molar-refractivity contribution in [1.29, 1.82) is 5.26 Å². The van der Waals surface area contributed by atoms with E-state index in [4.69, 9.17) is 0 Å². The van der Waals surface area contributed by atoms with Crippen molar-refractivity contribution in [3.63, 3.8) is 0 Å². The average Bonchev–Trinajstić information content (AvgIpc) is 2.50. The van der Waals surface area contributed by atoms with Gasteiger partial charge in [0.2, 0.25) is 5.91 Å². The molecule has 1 heterocycles. The first-order valence-corrected chi connectivity index (χ1v) is 6.52. The Morgan fingerprint density at radius 3 is 2.79 bits per heavy atom. The highest BCUT2D eigenvalue weighted by molar-refractivity contribution is 6.00. The molecule has 1 amide bonds. The van der Waals surface area contributed by atoms with Crippen LogP contribution in [0.5, 0.6) is 0 Å². The maximum atomic E-state index is 12.6. The SMILES string of the molecule is CC1CNC(C)(C)C(=O)N(c2ccccc2C#N)C1. The minimum atomic E-state index is -0.604. The third-order valence-corrected chi connectivity index (χ3v) is 3.48. The second kappa shape index (κ2) is 5.02. The molecule has 4 nitrogen and oxygen atoms in total. The molecule has 1 aliphatic rings. The average molecular weight is 257 g/mol.